The van der Waals surface area contributed by atoms with Gasteiger partial charge in [0, 0.05) is 12.0 Å². The van der Waals surface area contributed by atoms with E-state index in [2.05, 4.69) is 0 Å². The molecule has 1 rings (SSSR count). The van der Waals surface area contributed by atoms with Crippen molar-refractivity contribution in [1.29, 1.82) is 0 Å². The topological polar surface area (TPSA) is 35.2 Å². The minimum atomic E-state index is -0.324. The molecular weight excluding hydrogens is 201 g/mol. The van der Waals surface area contributed by atoms with Gasteiger partial charge in [-0.05, 0) is 24.6 Å². The predicted molar refractivity (Wildman–Crippen MR) is 58.2 cm³/mol. The number of aryl methyl sites for hydroxylation is 1. The fraction of sp³-hybridized carbons (Fsp3) is 0.300. The molecule has 1 aromatic carbocycles. The average Bonchev–Trinajstić information content (AvgIpc) is 2.08. The highest BCUT2D eigenvalue weighted by Gasteiger charge is 2.11. The van der Waals surface area contributed by atoms with Crippen molar-refractivity contribution in [2.45, 2.75) is 13.3 Å². The molecule has 0 aliphatic heterocycles. The molecule has 2 N–H and O–H groups in total. The van der Waals surface area contributed by atoms with Gasteiger partial charge in [0.15, 0.2) is 0 Å². The number of hydrogen-bond donors (Lipinski definition) is 1. The van der Waals surface area contributed by atoms with Crippen LogP contribution in [0, 0.1) is 12.7 Å². The van der Waals surface area contributed by atoms with Gasteiger partial charge in [-0.25, -0.2) is 4.39 Å². The number of thiocarbonyl (C=S) groups is 1. The van der Waals surface area contributed by atoms with E-state index >= 15 is 0 Å². The van der Waals surface area contributed by atoms with Gasteiger partial charge in [0.25, 0.3) is 0 Å². The minimum Gasteiger partial charge on any atom is -0.496 e. The van der Waals surface area contributed by atoms with Gasteiger partial charge in [-0.2, -0.15) is 0 Å². The molecule has 1 aromatic rings. The van der Waals surface area contributed by atoms with Crippen molar-refractivity contribution in [3.8, 4) is 5.75 Å². The summed E-state index contributed by atoms with van der Waals surface area (Å²) in [5.41, 5.74) is 6.60. The molecule has 0 fully saturated rings. The van der Waals surface area contributed by atoms with E-state index in [-0.39, 0.29) is 17.2 Å². The van der Waals surface area contributed by atoms with Crippen LogP contribution in [0.1, 0.15) is 11.1 Å². The summed E-state index contributed by atoms with van der Waals surface area (Å²) in [5.74, 6) is 0.171. The molecule has 0 bridgehead atoms. The Morgan fingerprint density at radius 1 is 1.57 bits per heavy atom. The number of rotatable bonds is 3. The molecule has 0 aliphatic carbocycles. The van der Waals surface area contributed by atoms with E-state index in [4.69, 9.17) is 22.7 Å². The smallest absolute Gasteiger partial charge is 0.130 e. The molecule has 14 heavy (non-hydrogen) atoms. The zero-order valence-corrected chi connectivity index (χ0v) is 8.95. The van der Waals surface area contributed by atoms with E-state index < -0.39 is 0 Å². The standard InChI is InChI=1S/C10H12FNOS/c1-6-3-8(11)7(5-10(12)14)9(4-6)13-2/h3-4H,5H2,1-2H3,(H2,12,14). The lowest BCUT2D eigenvalue weighted by molar-refractivity contribution is 0.406. The fourth-order valence-electron chi connectivity index (χ4n) is 1.27. The largest absolute Gasteiger partial charge is 0.496 e. The van der Waals surface area contributed by atoms with Crippen molar-refractivity contribution in [3.63, 3.8) is 0 Å². The maximum absolute atomic E-state index is 13.5. The molecule has 0 radical (unpaired) electrons. The van der Waals surface area contributed by atoms with Gasteiger partial charge in [0.05, 0.1) is 12.1 Å². The van der Waals surface area contributed by atoms with Gasteiger partial charge in [-0.3, -0.25) is 0 Å². The van der Waals surface area contributed by atoms with Crippen LogP contribution in [-0.2, 0) is 6.42 Å². The number of ether oxygens (including phenoxy) is 1. The van der Waals surface area contributed by atoms with Crippen molar-refractivity contribution in [2.75, 3.05) is 7.11 Å². The third kappa shape index (κ3) is 2.42. The molecule has 0 spiro atoms. The summed E-state index contributed by atoms with van der Waals surface area (Å²) in [4.78, 5) is 0.256. The van der Waals surface area contributed by atoms with Crippen LogP contribution in [0.15, 0.2) is 12.1 Å². The van der Waals surface area contributed by atoms with Gasteiger partial charge in [0.2, 0.25) is 0 Å². The highest BCUT2D eigenvalue weighted by molar-refractivity contribution is 7.80. The number of benzene rings is 1. The molecule has 0 saturated carbocycles. The zero-order valence-electron chi connectivity index (χ0n) is 8.13. The number of nitrogens with two attached hydrogens (primary N) is 1. The molecule has 0 unspecified atom stereocenters. The Bertz CT molecular complexity index is 365. The van der Waals surface area contributed by atoms with Gasteiger partial charge in [-0.15, -0.1) is 0 Å². The maximum atomic E-state index is 13.5. The summed E-state index contributed by atoms with van der Waals surface area (Å²) in [7, 11) is 1.50. The first-order valence-electron chi connectivity index (χ1n) is 4.16. The quantitative estimate of drug-likeness (QED) is 0.780. The van der Waals surface area contributed by atoms with Crippen molar-refractivity contribution >= 4 is 17.2 Å². The van der Waals surface area contributed by atoms with Crippen LogP contribution in [0.2, 0.25) is 0 Å². The maximum Gasteiger partial charge on any atom is 0.130 e. The van der Waals surface area contributed by atoms with Gasteiger partial charge in [0.1, 0.15) is 11.6 Å². The third-order valence-electron chi connectivity index (χ3n) is 1.87. The second kappa shape index (κ2) is 4.37. The van der Waals surface area contributed by atoms with E-state index in [1.165, 1.54) is 13.2 Å². The highest BCUT2D eigenvalue weighted by Crippen LogP contribution is 2.23. The molecule has 0 heterocycles. The summed E-state index contributed by atoms with van der Waals surface area (Å²) in [6.07, 6.45) is 0.227. The molecule has 2 nitrogen and oxygen atoms in total. The van der Waals surface area contributed by atoms with E-state index in [0.29, 0.717) is 11.3 Å². The fourth-order valence-corrected chi connectivity index (χ4v) is 1.41. The Kier molecular flexibility index (Phi) is 3.41. The molecule has 0 atom stereocenters. The zero-order chi connectivity index (χ0) is 10.7. The molecule has 0 amide bonds. The van der Waals surface area contributed by atoms with Crippen LogP contribution >= 0.6 is 12.2 Å². The Hall–Kier alpha value is -1.16. The lowest BCUT2D eigenvalue weighted by Crippen LogP contribution is -2.13. The Labute approximate surface area is 87.9 Å². The highest BCUT2D eigenvalue weighted by atomic mass is 32.1. The van der Waals surface area contributed by atoms with Crippen LogP contribution in [-0.4, -0.2) is 12.1 Å². The molecule has 0 aliphatic rings. The van der Waals surface area contributed by atoms with Crippen LogP contribution in [0.4, 0.5) is 4.39 Å². The van der Waals surface area contributed by atoms with Crippen LogP contribution in [0.5, 0.6) is 5.75 Å². The average molecular weight is 213 g/mol. The van der Waals surface area contributed by atoms with Crippen LogP contribution in [0.3, 0.4) is 0 Å². The molecule has 0 saturated heterocycles. The molecule has 4 heteroatoms. The van der Waals surface area contributed by atoms with E-state index in [1.807, 2.05) is 0 Å². The van der Waals surface area contributed by atoms with Gasteiger partial charge < -0.3 is 10.5 Å². The number of halogens is 1. The van der Waals surface area contributed by atoms with Gasteiger partial charge >= 0.3 is 0 Å². The molecule has 76 valence electrons. The third-order valence-corrected chi connectivity index (χ3v) is 2.01. The second-order valence-electron chi connectivity index (χ2n) is 3.07. The lowest BCUT2D eigenvalue weighted by atomic mass is 10.1. The first-order chi connectivity index (χ1) is 6.54. The summed E-state index contributed by atoms with van der Waals surface area (Å²) in [6.45, 7) is 1.80. The van der Waals surface area contributed by atoms with Gasteiger partial charge in [-0.1, -0.05) is 12.2 Å². The minimum absolute atomic E-state index is 0.227. The molecular formula is C10H12FNOS. The Morgan fingerprint density at radius 3 is 2.71 bits per heavy atom. The predicted octanol–water partition coefficient (Wildman–Crippen LogP) is 1.97. The normalized spacial score (nSPS) is 9.93. The van der Waals surface area contributed by atoms with Crippen molar-refractivity contribution in [1.82, 2.24) is 0 Å². The summed E-state index contributed by atoms with van der Waals surface area (Å²) in [5, 5.41) is 0. The van der Waals surface area contributed by atoms with Crippen molar-refractivity contribution in [2.24, 2.45) is 5.73 Å². The summed E-state index contributed by atoms with van der Waals surface area (Å²) in [6, 6.07) is 3.20. The van der Waals surface area contributed by atoms with Crippen LogP contribution < -0.4 is 10.5 Å². The summed E-state index contributed by atoms with van der Waals surface area (Å²) >= 11 is 4.73. The Morgan fingerprint density at radius 2 is 2.21 bits per heavy atom. The second-order valence-corrected chi connectivity index (χ2v) is 3.60. The first-order valence-corrected chi connectivity index (χ1v) is 4.56. The van der Waals surface area contributed by atoms with Crippen LogP contribution in [0.25, 0.3) is 0 Å². The molecule has 0 aromatic heterocycles. The van der Waals surface area contributed by atoms with E-state index in [1.54, 1.807) is 13.0 Å². The Balaban J connectivity index is 3.18. The van der Waals surface area contributed by atoms with E-state index in [0.717, 1.165) is 5.56 Å². The number of hydrogen-bond acceptors (Lipinski definition) is 2. The van der Waals surface area contributed by atoms with E-state index in [9.17, 15) is 4.39 Å². The van der Waals surface area contributed by atoms with Crippen molar-refractivity contribution < 1.29 is 9.13 Å². The number of methoxy groups -OCH3 is 1. The summed E-state index contributed by atoms with van der Waals surface area (Å²) < 4.78 is 18.5. The monoisotopic (exact) mass is 213 g/mol. The lowest BCUT2D eigenvalue weighted by Gasteiger charge is -2.09. The first kappa shape index (κ1) is 10.9. The van der Waals surface area contributed by atoms with Crippen molar-refractivity contribution in [3.05, 3.63) is 29.1 Å². The SMILES string of the molecule is COc1cc(C)cc(F)c1CC(N)=S.